The van der Waals surface area contributed by atoms with Crippen LogP contribution in [-0.4, -0.2) is 9.13 Å². The fourth-order valence-electron chi connectivity index (χ4n) is 11.2. The molecule has 14 rings (SSSR count). The molecule has 0 fully saturated rings. The molecule has 0 atom stereocenters. The van der Waals surface area contributed by atoms with E-state index in [1.165, 1.54) is 132 Å². The number of hydrogen-bond donors (Lipinski definition) is 0. The average molecular weight is 863 g/mol. The maximum atomic E-state index is 2.54. The van der Waals surface area contributed by atoms with Gasteiger partial charge in [-0.1, -0.05) is 176 Å². The number of rotatable bonds is 6. The zero-order valence-electron chi connectivity index (χ0n) is 37.1. The molecule has 12 aromatic carbocycles. The summed E-state index contributed by atoms with van der Waals surface area (Å²) in [6.07, 6.45) is 0. The van der Waals surface area contributed by atoms with Crippen LogP contribution in [0.2, 0.25) is 0 Å². The lowest BCUT2D eigenvalue weighted by Gasteiger charge is -2.19. The summed E-state index contributed by atoms with van der Waals surface area (Å²) in [5, 5.41) is 12.5. The predicted octanol–water partition coefficient (Wildman–Crippen LogP) is 18.0. The molecule has 0 amide bonds. The van der Waals surface area contributed by atoms with Crippen LogP contribution < -0.4 is 0 Å². The minimum Gasteiger partial charge on any atom is -0.309 e. The molecule has 2 heteroatoms. The first-order valence-electron chi connectivity index (χ1n) is 23.5. The van der Waals surface area contributed by atoms with Crippen LogP contribution in [0.3, 0.4) is 0 Å². The molecular weight excluding hydrogens is 821 g/mol. The molecule has 0 aliphatic heterocycles. The Morgan fingerprint density at radius 3 is 1.12 bits per heavy atom. The van der Waals surface area contributed by atoms with Crippen molar-refractivity contribution >= 4 is 75.9 Å². The quantitative estimate of drug-likeness (QED) is 0.147. The van der Waals surface area contributed by atoms with Crippen molar-refractivity contribution < 1.29 is 0 Å². The van der Waals surface area contributed by atoms with Gasteiger partial charge in [-0.3, -0.25) is 0 Å². The van der Waals surface area contributed by atoms with Crippen molar-refractivity contribution in [2.24, 2.45) is 0 Å². The molecule has 2 heterocycles. The van der Waals surface area contributed by atoms with Gasteiger partial charge >= 0.3 is 0 Å². The van der Waals surface area contributed by atoms with Gasteiger partial charge in [0.1, 0.15) is 0 Å². The van der Waals surface area contributed by atoms with Crippen molar-refractivity contribution in [3.63, 3.8) is 0 Å². The second kappa shape index (κ2) is 15.3. The number of fused-ring (bicyclic) bond motifs is 12. The molecule has 0 aliphatic rings. The highest BCUT2D eigenvalue weighted by Crippen LogP contribution is 2.45. The zero-order chi connectivity index (χ0) is 44.7. The van der Waals surface area contributed by atoms with Crippen LogP contribution in [0.25, 0.3) is 132 Å². The Kier molecular flexibility index (Phi) is 8.62. The lowest BCUT2D eigenvalue weighted by atomic mass is 9.89. The van der Waals surface area contributed by atoms with Crippen LogP contribution in [-0.2, 0) is 0 Å². The molecule has 0 unspecified atom stereocenters. The fourth-order valence-corrected chi connectivity index (χ4v) is 11.2. The van der Waals surface area contributed by atoms with Crippen molar-refractivity contribution in [3.8, 4) is 55.9 Å². The van der Waals surface area contributed by atoms with Crippen LogP contribution in [0.4, 0.5) is 0 Å². The molecule has 0 saturated heterocycles. The highest BCUT2D eigenvalue weighted by atomic mass is 15.0. The van der Waals surface area contributed by atoms with E-state index in [-0.39, 0.29) is 0 Å². The third kappa shape index (κ3) is 5.98. The van der Waals surface area contributed by atoms with Gasteiger partial charge in [0, 0.05) is 32.6 Å². The van der Waals surface area contributed by atoms with Gasteiger partial charge in [0.25, 0.3) is 0 Å². The van der Waals surface area contributed by atoms with Gasteiger partial charge in [-0.2, -0.15) is 0 Å². The molecule has 0 aliphatic carbocycles. The first kappa shape index (κ1) is 38.3. The summed E-state index contributed by atoms with van der Waals surface area (Å²) in [5.41, 5.74) is 16.6. The second-order valence-corrected chi connectivity index (χ2v) is 18.0. The highest BCUT2D eigenvalue weighted by Gasteiger charge is 2.21. The number of nitrogens with zero attached hydrogens (tertiary/aromatic N) is 2. The molecular formula is C66H42N2. The zero-order valence-corrected chi connectivity index (χ0v) is 37.1. The summed E-state index contributed by atoms with van der Waals surface area (Å²) in [6.45, 7) is 0. The maximum absolute atomic E-state index is 2.54. The number of benzene rings is 12. The van der Waals surface area contributed by atoms with E-state index in [4.69, 9.17) is 0 Å². The first-order chi connectivity index (χ1) is 33.7. The number of para-hydroxylation sites is 3. The molecule has 0 N–H and O–H groups in total. The van der Waals surface area contributed by atoms with Crippen molar-refractivity contribution in [3.05, 3.63) is 255 Å². The van der Waals surface area contributed by atoms with Gasteiger partial charge in [0.15, 0.2) is 0 Å². The predicted molar refractivity (Wildman–Crippen MR) is 289 cm³/mol. The fraction of sp³-hybridized carbons (Fsp3) is 0. The van der Waals surface area contributed by atoms with Gasteiger partial charge in [0.05, 0.1) is 27.8 Å². The summed E-state index contributed by atoms with van der Waals surface area (Å²) in [6, 6.07) is 94.0. The Morgan fingerprint density at radius 1 is 0.191 bits per heavy atom. The van der Waals surface area contributed by atoms with Gasteiger partial charge in [0.2, 0.25) is 0 Å². The molecule has 0 radical (unpaired) electrons. The largest absolute Gasteiger partial charge is 0.309 e. The van der Waals surface area contributed by atoms with E-state index in [1.807, 2.05) is 0 Å². The van der Waals surface area contributed by atoms with E-state index < -0.39 is 0 Å². The minimum atomic E-state index is 1.17. The van der Waals surface area contributed by atoms with E-state index >= 15 is 0 Å². The van der Waals surface area contributed by atoms with Gasteiger partial charge in [-0.15, -0.1) is 0 Å². The smallest absolute Gasteiger partial charge is 0.0553 e. The molecule has 68 heavy (non-hydrogen) atoms. The van der Waals surface area contributed by atoms with Gasteiger partial charge in [-0.25, -0.2) is 0 Å². The summed E-state index contributed by atoms with van der Waals surface area (Å²) in [4.78, 5) is 0. The third-order valence-corrected chi connectivity index (χ3v) is 14.2. The van der Waals surface area contributed by atoms with E-state index in [9.17, 15) is 0 Å². The molecule has 2 nitrogen and oxygen atoms in total. The van der Waals surface area contributed by atoms with Crippen molar-refractivity contribution in [2.45, 2.75) is 0 Å². The maximum Gasteiger partial charge on any atom is 0.0553 e. The highest BCUT2D eigenvalue weighted by molar-refractivity contribution is 6.28. The Labute approximate surface area is 393 Å². The van der Waals surface area contributed by atoms with Gasteiger partial charge in [-0.05, 0) is 150 Å². The van der Waals surface area contributed by atoms with E-state index in [2.05, 4.69) is 264 Å². The normalized spacial score (nSPS) is 11.8. The van der Waals surface area contributed by atoms with E-state index in [1.54, 1.807) is 0 Å². The second-order valence-electron chi connectivity index (χ2n) is 18.0. The van der Waals surface area contributed by atoms with Crippen molar-refractivity contribution in [1.82, 2.24) is 9.13 Å². The first-order valence-corrected chi connectivity index (χ1v) is 23.5. The lowest BCUT2D eigenvalue weighted by molar-refractivity contribution is 1.18. The monoisotopic (exact) mass is 862 g/mol. The molecule has 0 saturated carbocycles. The van der Waals surface area contributed by atoms with Crippen molar-refractivity contribution in [1.29, 1.82) is 0 Å². The number of hydrogen-bond acceptors (Lipinski definition) is 0. The Balaban J connectivity index is 1.04. The Morgan fingerprint density at radius 2 is 0.559 bits per heavy atom. The Bertz CT molecular complexity index is 4230. The van der Waals surface area contributed by atoms with Crippen LogP contribution in [0.15, 0.2) is 255 Å². The molecule has 0 bridgehead atoms. The lowest BCUT2D eigenvalue weighted by Crippen LogP contribution is -1.98. The summed E-state index contributed by atoms with van der Waals surface area (Å²) >= 11 is 0. The van der Waals surface area contributed by atoms with E-state index in [0.29, 0.717) is 0 Å². The minimum absolute atomic E-state index is 1.17. The topological polar surface area (TPSA) is 9.86 Å². The molecule has 14 aromatic rings. The van der Waals surface area contributed by atoms with Crippen LogP contribution in [0.1, 0.15) is 0 Å². The molecule has 2 aromatic heterocycles. The van der Waals surface area contributed by atoms with E-state index in [0.717, 1.165) is 0 Å². The SMILES string of the molecule is c1ccc(-c2cc(-c3ccccc3)cc(-c3cc(-n4c5ccccc5c5cc(-c6ccc7c(c6)c6ccccc6n7-c6ccccc6)ccc54)c4c5ccccc5c5ccccc5c4c3)c2)cc1. The summed E-state index contributed by atoms with van der Waals surface area (Å²) in [5.74, 6) is 0. The Hall–Kier alpha value is -8.98. The number of aromatic nitrogens is 2. The van der Waals surface area contributed by atoms with Gasteiger partial charge < -0.3 is 9.13 Å². The van der Waals surface area contributed by atoms with Crippen LogP contribution >= 0.6 is 0 Å². The third-order valence-electron chi connectivity index (χ3n) is 14.2. The average Bonchev–Trinajstić information content (AvgIpc) is 3.93. The summed E-state index contributed by atoms with van der Waals surface area (Å²) < 4.78 is 4.92. The summed E-state index contributed by atoms with van der Waals surface area (Å²) in [7, 11) is 0. The van der Waals surface area contributed by atoms with Crippen molar-refractivity contribution in [2.75, 3.05) is 0 Å². The standard InChI is InChI=1S/C66H42N2/c1-4-18-43(19-5-1)47-36-48(44-20-6-2-7-21-44)38-49(37-47)50-41-60-54-26-11-10-24-52(54)53-25-12-13-29-57(53)66(60)65(42-50)68-62-31-17-15-28-56(62)59-40-46(33-35-64(59)68)45-32-34-63-58(39-45)55-27-14-16-30-61(55)67(63)51-22-8-3-9-23-51/h1-42H. The van der Waals surface area contributed by atoms with Crippen LogP contribution in [0, 0.1) is 0 Å². The molecule has 316 valence electrons. The van der Waals surface area contributed by atoms with Crippen LogP contribution in [0.5, 0.6) is 0 Å². The molecule has 0 spiro atoms.